The molecule has 0 aliphatic heterocycles. The van der Waals surface area contributed by atoms with Gasteiger partial charge in [0.2, 0.25) is 0 Å². The van der Waals surface area contributed by atoms with E-state index in [2.05, 4.69) is 19.9 Å². The molecule has 62 valence electrons. The summed E-state index contributed by atoms with van der Waals surface area (Å²) in [5, 5.41) is 0. The van der Waals surface area contributed by atoms with E-state index in [4.69, 9.17) is 11.6 Å². The fourth-order valence-corrected chi connectivity index (χ4v) is 2.93. The summed E-state index contributed by atoms with van der Waals surface area (Å²) in [6.45, 7) is 4.75. The van der Waals surface area contributed by atoms with Crippen molar-refractivity contribution in [2.75, 3.05) is 5.88 Å². The van der Waals surface area contributed by atoms with Crippen molar-refractivity contribution in [1.82, 2.24) is 0 Å². The number of hydrogen-bond acceptors (Lipinski definition) is 0. The van der Waals surface area contributed by atoms with Crippen LogP contribution >= 0.6 is 11.6 Å². The normalized spacial score (nSPS) is 39.4. The van der Waals surface area contributed by atoms with Crippen molar-refractivity contribution in [3.8, 4) is 0 Å². The number of allylic oxidation sites excluding steroid dienone is 2. The summed E-state index contributed by atoms with van der Waals surface area (Å²) in [4.78, 5) is 0. The molecule has 0 heterocycles. The molecule has 1 heteroatoms. The van der Waals surface area contributed by atoms with Crippen molar-refractivity contribution < 1.29 is 0 Å². The van der Waals surface area contributed by atoms with Crippen molar-refractivity contribution in [2.45, 2.75) is 26.7 Å². The molecule has 0 N–H and O–H groups in total. The van der Waals surface area contributed by atoms with E-state index in [9.17, 15) is 0 Å². The fraction of sp³-hybridized carbons (Fsp3) is 0.800. The quantitative estimate of drug-likeness (QED) is 0.419. The van der Waals surface area contributed by atoms with Crippen LogP contribution in [0.2, 0.25) is 0 Å². The Morgan fingerprint density at radius 1 is 1.64 bits per heavy atom. The first-order valence-electron chi connectivity index (χ1n) is 4.40. The van der Waals surface area contributed by atoms with Gasteiger partial charge in [0.15, 0.2) is 0 Å². The zero-order valence-electron chi connectivity index (χ0n) is 7.23. The van der Waals surface area contributed by atoms with E-state index in [1.807, 2.05) is 0 Å². The molecule has 2 bridgehead atoms. The van der Waals surface area contributed by atoms with Gasteiger partial charge < -0.3 is 0 Å². The fourth-order valence-electron chi connectivity index (χ4n) is 2.62. The molecule has 0 unspecified atom stereocenters. The summed E-state index contributed by atoms with van der Waals surface area (Å²) in [5.41, 5.74) is 2.07. The molecular weight excluding hydrogens is 156 g/mol. The van der Waals surface area contributed by atoms with E-state index >= 15 is 0 Å². The molecule has 0 spiro atoms. The van der Waals surface area contributed by atoms with Crippen LogP contribution in [0, 0.1) is 17.3 Å². The average molecular weight is 171 g/mol. The van der Waals surface area contributed by atoms with E-state index < -0.39 is 0 Å². The van der Waals surface area contributed by atoms with E-state index in [1.54, 1.807) is 0 Å². The van der Waals surface area contributed by atoms with Gasteiger partial charge in [0.05, 0.1) is 0 Å². The molecule has 0 aromatic carbocycles. The van der Waals surface area contributed by atoms with Crippen molar-refractivity contribution >= 4 is 11.6 Å². The second-order valence-corrected chi connectivity index (χ2v) is 4.87. The molecule has 1 fully saturated rings. The zero-order chi connectivity index (χ0) is 8.06. The predicted molar refractivity (Wildman–Crippen MR) is 48.8 cm³/mol. The van der Waals surface area contributed by atoms with Gasteiger partial charge >= 0.3 is 0 Å². The third-order valence-corrected chi connectivity index (χ3v) is 3.72. The van der Waals surface area contributed by atoms with Crippen LogP contribution in [0.4, 0.5) is 0 Å². The Balaban J connectivity index is 2.23. The first-order chi connectivity index (χ1) is 5.13. The summed E-state index contributed by atoms with van der Waals surface area (Å²) in [6, 6.07) is 0. The van der Waals surface area contributed by atoms with Crippen LogP contribution in [-0.4, -0.2) is 5.88 Å². The van der Waals surface area contributed by atoms with Gasteiger partial charge in [0.1, 0.15) is 0 Å². The summed E-state index contributed by atoms with van der Waals surface area (Å²) in [7, 11) is 0. The molecule has 0 aromatic heterocycles. The third-order valence-electron chi connectivity index (χ3n) is 3.41. The molecule has 0 aromatic rings. The van der Waals surface area contributed by atoms with Crippen LogP contribution in [0.3, 0.4) is 0 Å². The number of hydrogen-bond donors (Lipinski definition) is 0. The smallest absolute Gasteiger partial charge is 0.0436 e. The van der Waals surface area contributed by atoms with Crippen LogP contribution in [0.1, 0.15) is 26.7 Å². The third kappa shape index (κ3) is 1.03. The maximum absolute atomic E-state index is 5.83. The highest BCUT2D eigenvalue weighted by Crippen LogP contribution is 2.54. The lowest BCUT2D eigenvalue weighted by Gasteiger charge is -2.27. The number of halogens is 1. The van der Waals surface area contributed by atoms with Gasteiger partial charge in [-0.3, -0.25) is 0 Å². The maximum Gasteiger partial charge on any atom is 0.0436 e. The van der Waals surface area contributed by atoms with Crippen LogP contribution < -0.4 is 0 Å². The molecule has 0 nitrogen and oxygen atoms in total. The summed E-state index contributed by atoms with van der Waals surface area (Å²) in [5.74, 6) is 2.41. The Bertz CT molecular complexity index is 203. The molecule has 0 saturated heterocycles. The Hall–Kier alpha value is 0.0300. The highest BCUT2D eigenvalue weighted by molar-refractivity contribution is 6.19. The Morgan fingerprint density at radius 2 is 2.36 bits per heavy atom. The van der Waals surface area contributed by atoms with Gasteiger partial charge in [-0.1, -0.05) is 25.5 Å². The molecule has 0 radical (unpaired) electrons. The van der Waals surface area contributed by atoms with Gasteiger partial charge in [0.25, 0.3) is 0 Å². The summed E-state index contributed by atoms with van der Waals surface area (Å²) >= 11 is 5.83. The minimum absolute atomic E-state index is 0.556. The largest absolute Gasteiger partial charge is 0.122 e. The van der Waals surface area contributed by atoms with E-state index in [-0.39, 0.29) is 0 Å². The highest BCUT2D eigenvalue weighted by atomic mass is 35.5. The van der Waals surface area contributed by atoms with Crippen LogP contribution in [0.25, 0.3) is 0 Å². The van der Waals surface area contributed by atoms with Gasteiger partial charge in [-0.25, -0.2) is 0 Å². The van der Waals surface area contributed by atoms with Crippen molar-refractivity contribution in [3.63, 3.8) is 0 Å². The summed E-state index contributed by atoms with van der Waals surface area (Å²) in [6.07, 6.45) is 5.15. The average Bonchev–Trinajstić information content (AvgIpc) is 2.41. The summed E-state index contributed by atoms with van der Waals surface area (Å²) < 4.78 is 0. The molecule has 2 rings (SSSR count). The standard InChI is InChI=1S/C10H15Cl/c1-10(2)5-7-3-9(10)4-8(7)6-11/h4,7,9H,3,5-6H2,1-2H3/t7-,9-/m1/s1. The molecular formula is C10H15Cl. The van der Waals surface area contributed by atoms with Crippen molar-refractivity contribution in [1.29, 1.82) is 0 Å². The minimum Gasteiger partial charge on any atom is -0.122 e. The Kier molecular flexibility index (Phi) is 1.57. The highest BCUT2D eigenvalue weighted by Gasteiger charge is 2.44. The van der Waals surface area contributed by atoms with Crippen LogP contribution in [0.15, 0.2) is 11.6 Å². The molecule has 11 heavy (non-hydrogen) atoms. The van der Waals surface area contributed by atoms with E-state index in [0.717, 1.165) is 17.7 Å². The van der Waals surface area contributed by atoms with E-state index in [1.165, 1.54) is 18.4 Å². The van der Waals surface area contributed by atoms with Crippen LogP contribution in [-0.2, 0) is 0 Å². The lowest BCUT2D eigenvalue weighted by Crippen LogP contribution is -2.18. The monoisotopic (exact) mass is 170 g/mol. The molecule has 2 atom stereocenters. The molecule has 2 aliphatic carbocycles. The number of fused-ring (bicyclic) bond motifs is 2. The SMILES string of the molecule is CC1(C)C[C@H]2C[C@@H]1C=C2CCl. The molecule has 1 saturated carbocycles. The Morgan fingerprint density at radius 3 is 2.73 bits per heavy atom. The lowest BCUT2D eigenvalue weighted by atomic mass is 9.78. The van der Waals surface area contributed by atoms with Gasteiger partial charge in [-0.2, -0.15) is 0 Å². The van der Waals surface area contributed by atoms with Gasteiger partial charge in [-0.05, 0) is 30.1 Å². The Labute approximate surface area is 73.6 Å². The van der Waals surface area contributed by atoms with Crippen LogP contribution in [0.5, 0.6) is 0 Å². The number of alkyl halides is 1. The zero-order valence-corrected chi connectivity index (χ0v) is 7.99. The lowest BCUT2D eigenvalue weighted by molar-refractivity contribution is 0.296. The first-order valence-corrected chi connectivity index (χ1v) is 4.93. The van der Waals surface area contributed by atoms with Crippen molar-refractivity contribution in [3.05, 3.63) is 11.6 Å². The van der Waals surface area contributed by atoms with Gasteiger partial charge in [0, 0.05) is 5.88 Å². The van der Waals surface area contributed by atoms with Gasteiger partial charge in [-0.15, -0.1) is 11.6 Å². The van der Waals surface area contributed by atoms with E-state index in [0.29, 0.717) is 5.41 Å². The number of rotatable bonds is 1. The second-order valence-electron chi connectivity index (χ2n) is 4.61. The molecule has 2 aliphatic rings. The minimum atomic E-state index is 0.556. The predicted octanol–water partition coefficient (Wildman–Crippen LogP) is 3.22. The first kappa shape index (κ1) is 7.67. The second kappa shape index (κ2) is 2.26. The van der Waals surface area contributed by atoms with Crippen molar-refractivity contribution in [2.24, 2.45) is 17.3 Å². The maximum atomic E-state index is 5.83. The topological polar surface area (TPSA) is 0 Å². The molecule has 0 amide bonds.